The quantitative estimate of drug-likeness (QED) is 0.722. The van der Waals surface area contributed by atoms with Crippen molar-refractivity contribution in [2.75, 3.05) is 4.31 Å². The Bertz CT molecular complexity index is 1030. The minimum absolute atomic E-state index is 0.281. The van der Waals surface area contributed by atoms with E-state index in [-0.39, 0.29) is 4.90 Å². The number of benzene rings is 2. The lowest BCUT2D eigenvalue weighted by atomic mass is 10.2. The highest BCUT2D eigenvalue weighted by Gasteiger charge is 2.35. The third kappa shape index (κ3) is 2.00. The van der Waals surface area contributed by atoms with Crippen LogP contribution < -0.4 is 4.31 Å². The average Bonchev–Trinajstić information content (AvgIpc) is 3.02. The predicted octanol–water partition coefficient (Wildman–Crippen LogP) is 3.67. The lowest BCUT2D eigenvalue weighted by Gasteiger charge is -2.18. The van der Waals surface area contributed by atoms with Crippen molar-refractivity contribution < 1.29 is 8.42 Å². The van der Waals surface area contributed by atoms with E-state index >= 15 is 0 Å². The highest BCUT2D eigenvalue weighted by molar-refractivity contribution is 7.93. The van der Waals surface area contributed by atoms with Gasteiger partial charge in [0.25, 0.3) is 10.0 Å². The second-order valence-corrected chi connectivity index (χ2v) is 7.58. The fraction of sp³-hybridized carbons (Fsp3) is 0.111. The largest absolute Gasteiger partial charge is 0.320 e. The molecule has 0 unspecified atom stereocenters. The number of hydrogen-bond acceptors (Lipinski definition) is 2. The van der Waals surface area contributed by atoms with Gasteiger partial charge < -0.3 is 4.57 Å². The van der Waals surface area contributed by atoms with Gasteiger partial charge in [0.2, 0.25) is 0 Å². The second-order valence-electron chi connectivity index (χ2n) is 5.80. The Morgan fingerprint density at radius 1 is 1.04 bits per heavy atom. The molecule has 0 bridgehead atoms. The van der Waals surface area contributed by atoms with Gasteiger partial charge in [0.05, 0.1) is 17.0 Å². The Hall–Kier alpha value is -2.53. The Kier molecular flexibility index (Phi) is 2.90. The zero-order valence-corrected chi connectivity index (χ0v) is 13.5. The van der Waals surface area contributed by atoms with Gasteiger partial charge in [-0.05, 0) is 31.2 Å². The third-order valence-electron chi connectivity index (χ3n) is 4.18. The van der Waals surface area contributed by atoms with E-state index in [0.717, 1.165) is 16.5 Å². The Labute approximate surface area is 135 Å². The van der Waals surface area contributed by atoms with Gasteiger partial charge in [-0.15, -0.1) is 0 Å². The number of allylic oxidation sites excluding steroid dienone is 1. The maximum absolute atomic E-state index is 13.0. The van der Waals surface area contributed by atoms with Crippen molar-refractivity contribution in [2.24, 2.45) is 0 Å². The summed E-state index contributed by atoms with van der Waals surface area (Å²) in [5.74, 6) is 0.650. The molecule has 1 aliphatic heterocycles. The molecule has 4 rings (SSSR count). The Morgan fingerprint density at radius 3 is 2.48 bits per heavy atom. The SMILES string of the molecule is C=C1Cn2c(cc3ccccc32)N1S(=O)(=O)c1ccc(C)cc1. The fourth-order valence-corrected chi connectivity index (χ4v) is 4.53. The van der Waals surface area contributed by atoms with E-state index in [2.05, 4.69) is 6.58 Å². The number of rotatable bonds is 2. The molecular weight excluding hydrogens is 308 g/mol. The van der Waals surface area contributed by atoms with Crippen molar-refractivity contribution in [2.45, 2.75) is 18.4 Å². The number of nitrogens with zero attached hydrogens (tertiary/aromatic N) is 2. The summed E-state index contributed by atoms with van der Waals surface area (Å²) < 4.78 is 29.4. The number of aryl methyl sites for hydroxylation is 1. The van der Waals surface area contributed by atoms with Gasteiger partial charge in [-0.25, -0.2) is 12.7 Å². The molecule has 116 valence electrons. The van der Waals surface area contributed by atoms with Crippen LogP contribution in [0.15, 0.2) is 71.8 Å². The van der Waals surface area contributed by atoms with Crippen molar-refractivity contribution in [3.05, 3.63) is 72.4 Å². The second kappa shape index (κ2) is 4.73. The van der Waals surface area contributed by atoms with Gasteiger partial charge in [0.1, 0.15) is 5.82 Å². The summed E-state index contributed by atoms with van der Waals surface area (Å²) in [6.45, 7) is 6.38. The zero-order valence-electron chi connectivity index (χ0n) is 12.7. The topological polar surface area (TPSA) is 42.3 Å². The normalized spacial score (nSPS) is 14.5. The van der Waals surface area contributed by atoms with Gasteiger partial charge in [0.15, 0.2) is 0 Å². The van der Waals surface area contributed by atoms with Crippen LogP contribution in [0, 0.1) is 6.92 Å². The molecule has 0 atom stereocenters. The summed E-state index contributed by atoms with van der Waals surface area (Å²) in [6.07, 6.45) is 0. The van der Waals surface area contributed by atoms with Crippen LogP contribution in [0.1, 0.15) is 5.56 Å². The maximum atomic E-state index is 13.0. The molecule has 0 spiro atoms. The first-order valence-corrected chi connectivity index (χ1v) is 8.80. The van der Waals surface area contributed by atoms with E-state index in [1.54, 1.807) is 24.3 Å². The first kappa shape index (κ1) is 14.1. The fourth-order valence-electron chi connectivity index (χ4n) is 3.05. The molecule has 3 aromatic rings. The molecule has 0 aliphatic carbocycles. The summed E-state index contributed by atoms with van der Waals surface area (Å²) >= 11 is 0. The van der Waals surface area contributed by atoms with Crippen LogP contribution >= 0.6 is 0 Å². The van der Waals surface area contributed by atoms with Crippen LogP contribution in [0.4, 0.5) is 5.82 Å². The predicted molar refractivity (Wildman–Crippen MR) is 91.9 cm³/mol. The summed E-state index contributed by atoms with van der Waals surface area (Å²) in [5, 5.41) is 1.03. The standard InChI is InChI=1S/C18H16N2O2S/c1-13-7-9-16(10-8-13)23(21,22)20-14(2)12-19-17-6-4-3-5-15(17)11-18(19)20/h3-11H,2,12H2,1H3. The molecule has 2 aromatic carbocycles. The van der Waals surface area contributed by atoms with Gasteiger partial charge >= 0.3 is 0 Å². The molecule has 0 fully saturated rings. The van der Waals surface area contributed by atoms with E-state index in [4.69, 9.17) is 0 Å². The lowest BCUT2D eigenvalue weighted by molar-refractivity contribution is 0.595. The van der Waals surface area contributed by atoms with Crippen LogP contribution in [0.25, 0.3) is 10.9 Å². The first-order chi connectivity index (χ1) is 11.0. The molecule has 0 saturated heterocycles. The zero-order chi connectivity index (χ0) is 16.2. The minimum Gasteiger partial charge on any atom is -0.320 e. The monoisotopic (exact) mass is 324 g/mol. The van der Waals surface area contributed by atoms with E-state index in [1.165, 1.54) is 4.31 Å². The highest BCUT2D eigenvalue weighted by atomic mass is 32.2. The lowest BCUT2D eigenvalue weighted by Crippen LogP contribution is -2.27. The van der Waals surface area contributed by atoms with Gasteiger partial charge in [-0.2, -0.15) is 0 Å². The molecule has 23 heavy (non-hydrogen) atoms. The summed E-state index contributed by atoms with van der Waals surface area (Å²) in [5.41, 5.74) is 2.61. The molecule has 0 radical (unpaired) electrons. The number of sulfonamides is 1. The van der Waals surface area contributed by atoms with Crippen LogP contribution in [-0.4, -0.2) is 13.0 Å². The molecule has 0 saturated carbocycles. The van der Waals surface area contributed by atoms with Crippen molar-refractivity contribution in [1.82, 2.24) is 4.57 Å². The Balaban J connectivity index is 1.90. The van der Waals surface area contributed by atoms with Crippen LogP contribution in [-0.2, 0) is 16.6 Å². The Morgan fingerprint density at radius 2 is 1.74 bits per heavy atom. The molecule has 5 heteroatoms. The van der Waals surface area contributed by atoms with Crippen molar-refractivity contribution in [3.8, 4) is 0 Å². The van der Waals surface area contributed by atoms with E-state index in [1.807, 2.05) is 41.8 Å². The third-order valence-corrected chi connectivity index (χ3v) is 5.98. The van der Waals surface area contributed by atoms with Gasteiger partial charge in [-0.1, -0.05) is 42.5 Å². The molecule has 4 nitrogen and oxygen atoms in total. The summed E-state index contributed by atoms with van der Waals surface area (Å²) in [7, 11) is -3.65. The van der Waals surface area contributed by atoms with E-state index in [9.17, 15) is 8.42 Å². The molecular formula is C18H16N2O2S. The molecule has 0 N–H and O–H groups in total. The minimum atomic E-state index is -3.65. The summed E-state index contributed by atoms with van der Waals surface area (Å²) in [4.78, 5) is 0.281. The molecule has 2 heterocycles. The molecule has 1 aliphatic rings. The highest BCUT2D eigenvalue weighted by Crippen LogP contribution is 2.38. The number of fused-ring (bicyclic) bond motifs is 3. The smallest absolute Gasteiger partial charge is 0.269 e. The number of aromatic nitrogens is 1. The maximum Gasteiger partial charge on any atom is 0.269 e. The molecule has 1 aromatic heterocycles. The van der Waals surface area contributed by atoms with Crippen molar-refractivity contribution in [3.63, 3.8) is 0 Å². The van der Waals surface area contributed by atoms with E-state index in [0.29, 0.717) is 18.1 Å². The number of hydrogen-bond donors (Lipinski definition) is 0. The molecule has 0 amide bonds. The van der Waals surface area contributed by atoms with Crippen molar-refractivity contribution >= 4 is 26.7 Å². The van der Waals surface area contributed by atoms with Gasteiger partial charge in [-0.3, -0.25) is 0 Å². The van der Waals surface area contributed by atoms with Crippen LogP contribution in [0.3, 0.4) is 0 Å². The van der Waals surface area contributed by atoms with E-state index < -0.39 is 10.0 Å². The average molecular weight is 324 g/mol. The van der Waals surface area contributed by atoms with Crippen molar-refractivity contribution in [1.29, 1.82) is 0 Å². The summed E-state index contributed by atoms with van der Waals surface area (Å²) in [6, 6.07) is 16.7. The number of anilines is 1. The first-order valence-electron chi connectivity index (χ1n) is 7.36. The van der Waals surface area contributed by atoms with Crippen LogP contribution in [0.2, 0.25) is 0 Å². The van der Waals surface area contributed by atoms with Gasteiger partial charge in [0, 0.05) is 11.1 Å². The van der Waals surface area contributed by atoms with Crippen LogP contribution in [0.5, 0.6) is 0 Å². The number of para-hydroxylation sites is 1.